The van der Waals surface area contributed by atoms with Crippen LogP contribution in [0.1, 0.15) is 29.1 Å². The third kappa shape index (κ3) is 4.30. The van der Waals surface area contributed by atoms with Crippen molar-refractivity contribution in [1.29, 1.82) is 0 Å². The lowest BCUT2D eigenvalue weighted by Crippen LogP contribution is -2.49. The number of hydrogen-bond donors (Lipinski definition) is 1. The van der Waals surface area contributed by atoms with Gasteiger partial charge in [-0.15, -0.1) is 0 Å². The quantitative estimate of drug-likeness (QED) is 0.860. The number of halogens is 1. The van der Waals surface area contributed by atoms with E-state index in [2.05, 4.69) is 19.9 Å². The van der Waals surface area contributed by atoms with E-state index in [1.165, 1.54) is 24.3 Å². The maximum atomic E-state index is 13.0. The van der Waals surface area contributed by atoms with Gasteiger partial charge in [-0.2, -0.15) is 15.0 Å². The number of aromatic nitrogens is 3. The van der Waals surface area contributed by atoms with Crippen molar-refractivity contribution in [1.82, 2.24) is 24.8 Å². The van der Waals surface area contributed by atoms with E-state index in [4.69, 9.17) is 5.73 Å². The molecule has 1 aliphatic rings. The summed E-state index contributed by atoms with van der Waals surface area (Å²) in [5, 5.41) is 0. The van der Waals surface area contributed by atoms with Crippen molar-refractivity contribution in [3.63, 3.8) is 0 Å². The molecule has 1 fully saturated rings. The second kappa shape index (κ2) is 7.83. The van der Waals surface area contributed by atoms with Crippen molar-refractivity contribution in [3.8, 4) is 0 Å². The molecule has 0 bridgehead atoms. The SMILES string of the molecule is C[C@@H](c1nc(N)nc(N(C)C)n1)N1CCN(C(=O)c2ccc(F)cc2)CC1. The predicted molar refractivity (Wildman–Crippen MR) is 101 cm³/mol. The Labute approximate surface area is 157 Å². The lowest BCUT2D eigenvalue weighted by atomic mass is 10.1. The van der Waals surface area contributed by atoms with Crippen LogP contribution in [0.4, 0.5) is 16.3 Å². The van der Waals surface area contributed by atoms with E-state index in [-0.39, 0.29) is 23.7 Å². The molecule has 1 amide bonds. The van der Waals surface area contributed by atoms with Gasteiger partial charge in [0.05, 0.1) is 6.04 Å². The van der Waals surface area contributed by atoms with Gasteiger partial charge in [0.15, 0.2) is 5.82 Å². The Morgan fingerprint density at radius 3 is 2.33 bits per heavy atom. The summed E-state index contributed by atoms with van der Waals surface area (Å²) < 4.78 is 13.0. The minimum absolute atomic E-state index is 0.0444. The van der Waals surface area contributed by atoms with E-state index >= 15 is 0 Å². The van der Waals surface area contributed by atoms with E-state index in [0.717, 1.165) is 0 Å². The van der Waals surface area contributed by atoms with Gasteiger partial charge in [-0.1, -0.05) is 0 Å². The molecule has 3 rings (SSSR count). The third-order valence-corrected chi connectivity index (χ3v) is 4.67. The molecule has 1 saturated heterocycles. The standard InChI is InChI=1S/C18H24FN7O/c1-12(15-21-17(20)23-18(22-15)24(2)3)25-8-10-26(11-9-25)16(27)13-4-6-14(19)7-5-13/h4-7,12H,8-11H2,1-3H3,(H2,20,21,22,23)/t12-/m0/s1. The summed E-state index contributed by atoms with van der Waals surface area (Å²) in [4.78, 5) is 31.2. The number of carbonyl (C=O) groups excluding carboxylic acids is 1. The molecule has 8 nitrogen and oxygen atoms in total. The molecular formula is C18H24FN7O. The van der Waals surface area contributed by atoms with E-state index in [9.17, 15) is 9.18 Å². The zero-order valence-electron chi connectivity index (χ0n) is 15.8. The van der Waals surface area contributed by atoms with Crippen LogP contribution in [0, 0.1) is 5.82 Å². The van der Waals surface area contributed by atoms with E-state index in [1.807, 2.05) is 21.0 Å². The van der Waals surface area contributed by atoms with Crippen LogP contribution in [0.2, 0.25) is 0 Å². The summed E-state index contributed by atoms with van der Waals surface area (Å²) in [5.74, 6) is 0.903. The molecule has 144 valence electrons. The summed E-state index contributed by atoms with van der Waals surface area (Å²) in [7, 11) is 3.70. The number of hydrogen-bond acceptors (Lipinski definition) is 7. The molecule has 1 aliphatic heterocycles. The Hall–Kier alpha value is -2.81. The number of piperazine rings is 1. The number of nitrogen functional groups attached to an aromatic ring is 1. The lowest BCUT2D eigenvalue weighted by molar-refractivity contribution is 0.0575. The number of anilines is 2. The summed E-state index contributed by atoms with van der Waals surface area (Å²) >= 11 is 0. The molecule has 1 atom stereocenters. The number of nitrogens with two attached hydrogens (primary N) is 1. The Morgan fingerprint density at radius 2 is 1.74 bits per heavy atom. The van der Waals surface area contributed by atoms with E-state index in [1.54, 1.807) is 9.80 Å². The summed E-state index contributed by atoms with van der Waals surface area (Å²) in [6.07, 6.45) is 0. The Balaban J connectivity index is 1.65. The van der Waals surface area contributed by atoms with Crippen LogP contribution >= 0.6 is 0 Å². The molecule has 9 heteroatoms. The minimum Gasteiger partial charge on any atom is -0.368 e. The van der Waals surface area contributed by atoms with Crippen LogP contribution in [0.25, 0.3) is 0 Å². The molecule has 2 N–H and O–H groups in total. The Morgan fingerprint density at radius 1 is 1.11 bits per heavy atom. The average Bonchev–Trinajstić information content (AvgIpc) is 2.67. The first-order valence-electron chi connectivity index (χ1n) is 8.83. The molecule has 0 radical (unpaired) electrons. The van der Waals surface area contributed by atoms with Gasteiger partial charge >= 0.3 is 0 Å². The van der Waals surface area contributed by atoms with Crippen molar-refractivity contribution < 1.29 is 9.18 Å². The van der Waals surface area contributed by atoms with Gasteiger partial charge in [-0.25, -0.2) is 4.39 Å². The summed E-state index contributed by atoms with van der Waals surface area (Å²) in [6, 6.07) is 5.60. The van der Waals surface area contributed by atoms with Gasteiger partial charge in [0.2, 0.25) is 11.9 Å². The zero-order chi connectivity index (χ0) is 19.6. The smallest absolute Gasteiger partial charge is 0.253 e. The highest BCUT2D eigenvalue weighted by Gasteiger charge is 2.27. The van der Waals surface area contributed by atoms with Crippen LogP contribution in [0.3, 0.4) is 0 Å². The van der Waals surface area contributed by atoms with Crippen LogP contribution < -0.4 is 10.6 Å². The lowest BCUT2D eigenvalue weighted by Gasteiger charge is -2.37. The molecule has 27 heavy (non-hydrogen) atoms. The molecule has 0 saturated carbocycles. The monoisotopic (exact) mass is 373 g/mol. The van der Waals surface area contributed by atoms with Gasteiger partial charge in [0.1, 0.15) is 5.82 Å². The highest BCUT2D eigenvalue weighted by atomic mass is 19.1. The van der Waals surface area contributed by atoms with Crippen molar-refractivity contribution in [2.24, 2.45) is 0 Å². The fourth-order valence-electron chi connectivity index (χ4n) is 3.03. The summed E-state index contributed by atoms with van der Waals surface area (Å²) in [5.41, 5.74) is 6.31. The second-order valence-electron chi connectivity index (χ2n) is 6.76. The number of benzene rings is 1. The maximum absolute atomic E-state index is 13.0. The Kier molecular flexibility index (Phi) is 5.50. The van der Waals surface area contributed by atoms with E-state index < -0.39 is 0 Å². The molecule has 2 heterocycles. The Bertz CT molecular complexity index is 804. The first-order chi connectivity index (χ1) is 12.8. The summed E-state index contributed by atoms with van der Waals surface area (Å²) in [6.45, 7) is 4.57. The molecule has 2 aromatic rings. The number of amides is 1. The van der Waals surface area contributed by atoms with Gasteiger partial charge in [0, 0.05) is 45.8 Å². The average molecular weight is 373 g/mol. The first kappa shape index (κ1) is 19.0. The minimum atomic E-state index is -0.348. The number of rotatable bonds is 4. The van der Waals surface area contributed by atoms with Crippen LogP contribution in [-0.2, 0) is 0 Å². The van der Waals surface area contributed by atoms with Gasteiger partial charge in [0.25, 0.3) is 5.91 Å². The highest BCUT2D eigenvalue weighted by molar-refractivity contribution is 5.94. The van der Waals surface area contributed by atoms with Crippen LogP contribution in [-0.4, -0.2) is 70.9 Å². The van der Waals surface area contributed by atoms with Crippen molar-refractivity contribution in [2.75, 3.05) is 50.9 Å². The largest absolute Gasteiger partial charge is 0.368 e. The van der Waals surface area contributed by atoms with Crippen LogP contribution in [0.5, 0.6) is 0 Å². The third-order valence-electron chi connectivity index (χ3n) is 4.67. The van der Waals surface area contributed by atoms with Crippen molar-refractivity contribution in [2.45, 2.75) is 13.0 Å². The molecule has 0 unspecified atom stereocenters. The first-order valence-corrected chi connectivity index (χ1v) is 8.83. The molecule has 0 spiro atoms. The van der Waals surface area contributed by atoms with Gasteiger partial charge in [-0.05, 0) is 31.2 Å². The van der Waals surface area contributed by atoms with Gasteiger partial charge in [-0.3, -0.25) is 9.69 Å². The van der Waals surface area contributed by atoms with Crippen molar-refractivity contribution in [3.05, 3.63) is 41.5 Å². The highest BCUT2D eigenvalue weighted by Crippen LogP contribution is 2.21. The predicted octanol–water partition coefficient (Wildman–Crippen LogP) is 1.18. The fourth-order valence-corrected chi connectivity index (χ4v) is 3.03. The maximum Gasteiger partial charge on any atom is 0.253 e. The second-order valence-corrected chi connectivity index (χ2v) is 6.76. The van der Waals surface area contributed by atoms with Crippen LogP contribution in [0.15, 0.2) is 24.3 Å². The molecule has 1 aromatic heterocycles. The normalized spacial score (nSPS) is 16.2. The van der Waals surface area contributed by atoms with E-state index in [0.29, 0.717) is 43.5 Å². The molecule has 1 aromatic carbocycles. The zero-order valence-corrected chi connectivity index (χ0v) is 15.8. The van der Waals surface area contributed by atoms with Gasteiger partial charge < -0.3 is 15.5 Å². The number of nitrogens with zero attached hydrogens (tertiary/aromatic N) is 6. The van der Waals surface area contributed by atoms with Crippen molar-refractivity contribution >= 4 is 17.8 Å². The fraction of sp³-hybridized carbons (Fsp3) is 0.444. The molecular weight excluding hydrogens is 349 g/mol. The number of carbonyl (C=O) groups is 1. The topological polar surface area (TPSA) is 91.5 Å². The molecule has 0 aliphatic carbocycles.